The van der Waals surface area contributed by atoms with Crippen LogP contribution >= 0.6 is 0 Å². The first kappa shape index (κ1) is 16.6. The molecule has 5 nitrogen and oxygen atoms in total. The zero-order valence-corrected chi connectivity index (χ0v) is 11.6. The average Bonchev–Trinajstić information content (AvgIpc) is 2.31. The minimum absolute atomic E-state index is 0.00620. The minimum Gasteiger partial charge on any atom is -0.467 e. The van der Waals surface area contributed by atoms with Crippen molar-refractivity contribution in [2.75, 3.05) is 7.11 Å². The van der Waals surface area contributed by atoms with Crippen molar-refractivity contribution in [2.45, 2.75) is 52.5 Å². The molecule has 0 fully saturated rings. The number of carbonyl (C=O) groups is 3. The molecule has 0 rings (SSSR count). The van der Waals surface area contributed by atoms with E-state index in [4.69, 9.17) is 0 Å². The van der Waals surface area contributed by atoms with Crippen molar-refractivity contribution in [3.8, 4) is 0 Å². The number of hydrogen-bond donors (Lipinski definition) is 1. The number of ketones is 1. The van der Waals surface area contributed by atoms with Crippen molar-refractivity contribution in [3.05, 3.63) is 0 Å². The topological polar surface area (TPSA) is 72.5 Å². The van der Waals surface area contributed by atoms with Gasteiger partial charge < -0.3 is 10.1 Å². The monoisotopic (exact) mass is 257 g/mol. The van der Waals surface area contributed by atoms with Crippen LogP contribution in [0.2, 0.25) is 0 Å². The van der Waals surface area contributed by atoms with Crippen LogP contribution < -0.4 is 5.32 Å². The van der Waals surface area contributed by atoms with Gasteiger partial charge in [0, 0.05) is 0 Å². The molecule has 0 aliphatic carbocycles. The van der Waals surface area contributed by atoms with Crippen LogP contribution in [0.15, 0.2) is 0 Å². The number of hydrogen-bond acceptors (Lipinski definition) is 4. The van der Waals surface area contributed by atoms with Crippen LogP contribution in [-0.4, -0.2) is 30.8 Å². The zero-order valence-electron chi connectivity index (χ0n) is 11.6. The summed E-state index contributed by atoms with van der Waals surface area (Å²) in [4.78, 5) is 34.0. The van der Waals surface area contributed by atoms with E-state index in [1.807, 2.05) is 6.92 Å². The summed E-state index contributed by atoms with van der Waals surface area (Å²) in [5, 5.41) is 2.57. The summed E-state index contributed by atoms with van der Waals surface area (Å²) in [6, 6.07) is -0.673. The van der Waals surface area contributed by atoms with Gasteiger partial charge in [-0.3, -0.25) is 9.59 Å². The predicted molar refractivity (Wildman–Crippen MR) is 67.9 cm³/mol. The molecule has 18 heavy (non-hydrogen) atoms. The first-order valence-corrected chi connectivity index (χ1v) is 6.29. The maximum absolute atomic E-state index is 11.6. The van der Waals surface area contributed by atoms with E-state index in [1.165, 1.54) is 14.0 Å². The van der Waals surface area contributed by atoms with Gasteiger partial charge in [0.05, 0.1) is 13.5 Å². The molecule has 0 saturated heterocycles. The second-order valence-corrected chi connectivity index (χ2v) is 4.57. The van der Waals surface area contributed by atoms with E-state index < -0.39 is 17.9 Å². The first-order valence-electron chi connectivity index (χ1n) is 6.29. The van der Waals surface area contributed by atoms with Gasteiger partial charge in [-0.15, -0.1) is 0 Å². The molecule has 0 saturated carbocycles. The fraction of sp³-hybridized carbons (Fsp3) is 0.769. The van der Waals surface area contributed by atoms with E-state index in [0.29, 0.717) is 0 Å². The van der Waals surface area contributed by atoms with Crippen molar-refractivity contribution >= 4 is 17.7 Å². The number of ether oxygens (including phenoxy) is 1. The van der Waals surface area contributed by atoms with E-state index >= 15 is 0 Å². The Hall–Kier alpha value is -1.39. The minimum atomic E-state index is -0.673. The van der Waals surface area contributed by atoms with E-state index in [0.717, 1.165) is 19.3 Å². The Bertz CT molecular complexity index is 301. The molecular weight excluding hydrogens is 234 g/mol. The molecule has 1 amide bonds. The Kier molecular flexibility index (Phi) is 8.00. The van der Waals surface area contributed by atoms with Crippen LogP contribution in [0.4, 0.5) is 0 Å². The second kappa shape index (κ2) is 8.66. The molecule has 0 aliphatic heterocycles. The van der Waals surface area contributed by atoms with Gasteiger partial charge in [-0.05, 0) is 19.3 Å². The van der Waals surface area contributed by atoms with Crippen LogP contribution in [0, 0.1) is 5.92 Å². The third kappa shape index (κ3) is 6.37. The molecule has 1 N–H and O–H groups in total. The lowest BCUT2D eigenvalue weighted by atomic mass is 9.95. The smallest absolute Gasteiger partial charge is 0.328 e. The van der Waals surface area contributed by atoms with E-state index in [1.54, 1.807) is 0 Å². The van der Waals surface area contributed by atoms with Crippen molar-refractivity contribution < 1.29 is 19.1 Å². The molecule has 5 heteroatoms. The Morgan fingerprint density at radius 3 is 2.33 bits per heavy atom. The van der Waals surface area contributed by atoms with E-state index in [2.05, 4.69) is 17.0 Å². The van der Waals surface area contributed by atoms with Crippen molar-refractivity contribution in [1.29, 1.82) is 0 Å². The van der Waals surface area contributed by atoms with Gasteiger partial charge in [-0.1, -0.05) is 26.7 Å². The average molecular weight is 257 g/mol. The highest BCUT2D eigenvalue weighted by atomic mass is 16.5. The summed E-state index contributed by atoms with van der Waals surface area (Å²) in [5.41, 5.74) is 0. The number of amides is 1. The maximum Gasteiger partial charge on any atom is 0.328 e. The van der Waals surface area contributed by atoms with E-state index in [-0.39, 0.29) is 18.1 Å². The predicted octanol–water partition coefficient (Wildman–Crippen LogP) is 1.45. The summed E-state index contributed by atoms with van der Waals surface area (Å²) < 4.78 is 4.68. The lowest BCUT2D eigenvalue weighted by Gasteiger charge is -2.22. The number of Topliss-reactive ketones (excluding diaryl/α,β-unsaturated/α-hetero) is 1. The molecule has 0 aromatic rings. The molecule has 0 heterocycles. The molecule has 0 radical (unpaired) electrons. The highest BCUT2D eigenvalue weighted by molar-refractivity contribution is 5.98. The van der Waals surface area contributed by atoms with E-state index in [9.17, 15) is 14.4 Å². The van der Waals surface area contributed by atoms with Crippen LogP contribution in [-0.2, 0) is 19.1 Å². The molecule has 104 valence electrons. The van der Waals surface area contributed by atoms with Gasteiger partial charge in [-0.25, -0.2) is 4.79 Å². The molecule has 0 aromatic heterocycles. The Balaban J connectivity index is 4.53. The maximum atomic E-state index is 11.6. The Morgan fingerprint density at radius 1 is 1.28 bits per heavy atom. The first-order chi connectivity index (χ1) is 8.42. The number of methoxy groups -OCH3 is 1. The summed E-state index contributed by atoms with van der Waals surface area (Å²) in [7, 11) is 1.29. The standard InChI is InChI=1S/C13H23NO4/c1-5-6-7-9(2)12(13(17)18-4)14-11(16)8-10(3)15/h9,12H,5-8H2,1-4H3,(H,14,16)/t9-,12-/m0/s1. The van der Waals surface area contributed by atoms with Crippen molar-refractivity contribution in [2.24, 2.45) is 5.92 Å². The fourth-order valence-corrected chi connectivity index (χ4v) is 1.70. The second-order valence-electron chi connectivity index (χ2n) is 4.57. The third-order valence-corrected chi connectivity index (χ3v) is 2.76. The van der Waals surface area contributed by atoms with Gasteiger partial charge in [0.1, 0.15) is 11.8 Å². The van der Waals surface area contributed by atoms with Gasteiger partial charge in [-0.2, -0.15) is 0 Å². The third-order valence-electron chi connectivity index (χ3n) is 2.76. The molecular formula is C13H23NO4. The van der Waals surface area contributed by atoms with Crippen LogP contribution in [0.1, 0.15) is 46.5 Å². The number of esters is 1. The highest BCUT2D eigenvalue weighted by Crippen LogP contribution is 2.13. The lowest BCUT2D eigenvalue weighted by Crippen LogP contribution is -2.46. The SMILES string of the molecule is CCCC[C@H](C)[C@H](NC(=O)CC(C)=O)C(=O)OC. The molecule has 2 atom stereocenters. The Morgan fingerprint density at radius 2 is 1.89 bits per heavy atom. The number of rotatable bonds is 8. The molecule has 0 unspecified atom stereocenters. The number of nitrogens with one attached hydrogen (secondary N) is 1. The number of carbonyl (C=O) groups excluding carboxylic acids is 3. The van der Waals surface area contributed by atoms with Crippen molar-refractivity contribution in [3.63, 3.8) is 0 Å². The normalized spacial score (nSPS) is 13.6. The Labute approximate surface area is 108 Å². The molecule has 0 aromatic carbocycles. The molecule has 0 bridgehead atoms. The summed E-state index contributed by atoms with van der Waals surface area (Å²) in [6.07, 6.45) is 2.64. The van der Waals surface area contributed by atoms with Gasteiger partial charge in [0.2, 0.25) is 5.91 Å². The number of unbranched alkanes of at least 4 members (excludes halogenated alkanes) is 1. The molecule has 0 aliphatic rings. The summed E-state index contributed by atoms with van der Waals surface area (Å²) in [6.45, 7) is 5.30. The van der Waals surface area contributed by atoms with Gasteiger partial charge >= 0.3 is 5.97 Å². The lowest BCUT2D eigenvalue weighted by molar-refractivity contribution is -0.147. The van der Waals surface area contributed by atoms with Crippen LogP contribution in [0.3, 0.4) is 0 Å². The van der Waals surface area contributed by atoms with Crippen molar-refractivity contribution in [1.82, 2.24) is 5.32 Å². The zero-order chi connectivity index (χ0) is 14.1. The highest BCUT2D eigenvalue weighted by Gasteiger charge is 2.27. The van der Waals surface area contributed by atoms with Crippen LogP contribution in [0.5, 0.6) is 0 Å². The summed E-state index contributed by atoms with van der Waals surface area (Å²) in [5.74, 6) is -1.12. The fourth-order valence-electron chi connectivity index (χ4n) is 1.70. The van der Waals surface area contributed by atoms with Gasteiger partial charge in [0.15, 0.2) is 0 Å². The molecule has 0 spiro atoms. The largest absolute Gasteiger partial charge is 0.467 e. The van der Waals surface area contributed by atoms with Gasteiger partial charge in [0.25, 0.3) is 0 Å². The van der Waals surface area contributed by atoms with Crippen LogP contribution in [0.25, 0.3) is 0 Å². The quantitative estimate of drug-likeness (QED) is 0.527. The summed E-state index contributed by atoms with van der Waals surface area (Å²) >= 11 is 0.